The molecule has 0 unspecified atom stereocenters. The zero-order valence-electron chi connectivity index (χ0n) is 17.8. The topological polar surface area (TPSA) is 56.4 Å². The number of nitrogens with one attached hydrogen (secondary N) is 1. The molecule has 0 bridgehead atoms. The molecule has 2 aliphatic heterocycles. The highest BCUT2D eigenvalue weighted by Gasteiger charge is 2.38. The number of aromatic amines is 1. The molecule has 5 rings (SSSR count). The first-order chi connectivity index (χ1) is 15.6. The third kappa shape index (κ3) is 4.05. The van der Waals surface area contributed by atoms with Crippen LogP contribution >= 0.6 is 0 Å². The van der Waals surface area contributed by atoms with Crippen molar-refractivity contribution in [1.82, 2.24) is 14.8 Å². The summed E-state index contributed by atoms with van der Waals surface area (Å²) in [6.45, 7) is 3.06. The molecule has 1 N–H and O–H groups in total. The van der Waals surface area contributed by atoms with Crippen LogP contribution in [0, 0.1) is 17.7 Å². The molecule has 3 heterocycles. The Morgan fingerprint density at radius 1 is 0.812 bits per heavy atom. The fourth-order valence-electron chi connectivity index (χ4n) is 4.87. The lowest BCUT2D eigenvalue weighted by atomic mass is 9.79. The average molecular weight is 432 g/mol. The highest BCUT2D eigenvalue weighted by Crippen LogP contribution is 2.33. The number of H-pyrrole nitrogens is 1. The Morgan fingerprint density at radius 3 is 2.22 bits per heavy atom. The smallest absolute Gasteiger partial charge is 0.270 e. The van der Waals surface area contributed by atoms with Gasteiger partial charge in [0.25, 0.3) is 11.8 Å². The normalized spacial score (nSPS) is 17.3. The molecule has 0 spiro atoms. The number of rotatable bonds is 4. The maximum atomic E-state index is 13.6. The van der Waals surface area contributed by atoms with Gasteiger partial charge in [0.15, 0.2) is 0 Å². The van der Waals surface area contributed by atoms with Crippen LogP contribution < -0.4 is 0 Å². The first-order valence-electron chi connectivity index (χ1n) is 11.2. The van der Waals surface area contributed by atoms with Gasteiger partial charge in [-0.3, -0.25) is 9.59 Å². The monoisotopic (exact) mass is 431 g/mol. The summed E-state index contributed by atoms with van der Waals surface area (Å²) in [5.74, 6) is 0.847. The van der Waals surface area contributed by atoms with Gasteiger partial charge in [-0.2, -0.15) is 0 Å². The summed E-state index contributed by atoms with van der Waals surface area (Å²) in [6.07, 6.45) is 3.73. The molecule has 0 aliphatic carbocycles. The fraction of sp³-hybridized carbons (Fsp3) is 0.308. The van der Waals surface area contributed by atoms with E-state index >= 15 is 0 Å². The Morgan fingerprint density at radius 2 is 1.53 bits per heavy atom. The van der Waals surface area contributed by atoms with Gasteiger partial charge >= 0.3 is 0 Å². The summed E-state index contributed by atoms with van der Waals surface area (Å²) in [5.41, 5.74) is 2.88. The Balaban J connectivity index is 1.16. The van der Waals surface area contributed by atoms with Crippen LogP contribution in [-0.2, 0) is 0 Å². The van der Waals surface area contributed by atoms with E-state index in [0.717, 1.165) is 50.1 Å². The number of carbonyl (C=O) groups excluding carboxylic acids is 2. The molecule has 0 atom stereocenters. The maximum absolute atomic E-state index is 13.6. The number of likely N-dealkylation sites (tertiary alicyclic amines) is 2. The molecule has 0 radical (unpaired) electrons. The standard InChI is InChI=1S/C26H26FN3O2/c27-23-7-2-5-20(15-23)19-4-1-6-21(14-19)25(31)30-16-22(17-30)18-9-12-29(13-10-18)26(32)24-8-3-11-28-24/h1-8,11,14-15,18,22,28H,9-10,12-13,16-17H2. The molecule has 164 valence electrons. The van der Waals surface area contributed by atoms with Gasteiger partial charge in [-0.1, -0.05) is 24.3 Å². The van der Waals surface area contributed by atoms with E-state index in [-0.39, 0.29) is 17.6 Å². The molecule has 2 aliphatic rings. The lowest BCUT2D eigenvalue weighted by Gasteiger charge is -2.46. The van der Waals surface area contributed by atoms with Gasteiger partial charge in [0.2, 0.25) is 0 Å². The molecule has 1 aromatic heterocycles. The third-order valence-electron chi connectivity index (χ3n) is 6.79. The number of hydrogen-bond donors (Lipinski definition) is 1. The number of piperidine rings is 1. The molecular formula is C26H26FN3O2. The van der Waals surface area contributed by atoms with Crippen molar-refractivity contribution in [3.63, 3.8) is 0 Å². The number of benzene rings is 2. The van der Waals surface area contributed by atoms with Crippen molar-refractivity contribution < 1.29 is 14.0 Å². The van der Waals surface area contributed by atoms with Crippen LogP contribution in [0.1, 0.15) is 33.7 Å². The predicted octanol–water partition coefficient (Wildman–Crippen LogP) is 4.45. The van der Waals surface area contributed by atoms with Gasteiger partial charge in [-0.25, -0.2) is 4.39 Å². The van der Waals surface area contributed by atoms with E-state index in [9.17, 15) is 14.0 Å². The van der Waals surface area contributed by atoms with Crippen molar-refractivity contribution in [2.75, 3.05) is 26.2 Å². The minimum absolute atomic E-state index is 0.0267. The van der Waals surface area contributed by atoms with Crippen LogP contribution in [-0.4, -0.2) is 52.8 Å². The van der Waals surface area contributed by atoms with Crippen molar-refractivity contribution in [3.05, 3.63) is 83.9 Å². The molecule has 3 aromatic rings. The quantitative estimate of drug-likeness (QED) is 0.664. The van der Waals surface area contributed by atoms with E-state index in [0.29, 0.717) is 23.1 Å². The predicted molar refractivity (Wildman–Crippen MR) is 121 cm³/mol. The summed E-state index contributed by atoms with van der Waals surface area (Å²) in [5, 5.41) is 0. The number of carbonyl (C=O) groups is 2. The lowest BCUT2D eigenvalue weighted by Crippen LogP contribution is -2.54. The Kier molecular flexibility index (Phi) is 5.52. The number of hydrogen-bond acceptors (Lipinski definition) is 2. The van der Waals surface area contributed by atoms with Crippen LogP contribution in [0.4, 0.5) is 4.39 Å². The van der Waals surface area contributed by atoms with Gasteiger partial charge in [0, 0.05) is 37.9 Å². The fourth-order valence-corrected chi connectivity index (χ4v) is 4.87. The molecule has 6 heteroatoms. The highest BCUT2D eigenvalue weighted by atomic mass is 19.1. The first-order valence-corrected chi connectivity index (χ1v) is 11.2. The number of aromatic nitrogens is 1. The summed E-state index contributed by atoms with van der Waals surface area (Å²) < 4.78 is 13.6. The Hall–Kier alpha value is -3.41. The van der Waals surface area contributed by atoms with Gasteiger partial charge in [0.1, 0.15) is 11.5 Å². The van der Waals surface area contributed by atoms with Crippen LogP contribution in [0.2, 0.25) is 0 Å². The van der Waals surface area contributed by atoms with E-state index in [1.165, 1.54) is 12.1 Å². The average Bonchev–Trinajstić information content (AvgIpc) is 3.33. The second kappa shape index (κ2) is 8.61. The largest absolute Gasteiger partial charge is 0.357 e. The van der Waals surface area contributed by atoms with E-state index in [1.807, 2.05) is 52.3 Å². The molecule has 2 saturated heterocycles. The molecule has 32 heavy (non-hydrogen) atoms. The molecule has 0 saturated carbocycles. The third-order valence-corrected chi connectivity index (χ3v) is 6.79. The minimum atomic E-state index is -0.287. The van der Waals surface area contributed by atoms with E-state index < -0.39 is 0 Å². The zero-order chi connectivity index (χ0) is 22.1. The SMILES string of the molecule is O=C(c1cccc(-c2cccc(F)c2)c1)N1CC(C2CCN(C(=O)c3ccc[nH]3)CC2)C1. The van der Waals surface area contributed by atoms with E-state index in [4.69, 9.17) is 0 Å². The van der Waals surface area contributed by atoms with Crippen molar-refractivity contribution in [2.24, 2.45) is 11.8 Å². The first kappa shape index (κ1) is 20.5. The van der Waals surface area contributed by atoms with Gasteiger partial charge in [-0.05, 0) is 72.2 Å². The highest BCUT2D eigenvalue weighted by molar-refractivity contribution is 5.96. The Labute approximate surface area is 186 Å². The molecular weight excluding hydrogens is 405 g/mol. The van der Waals surface area contributed by atoms with Crippen LogP contribution in [0.3, 0.4) is 0 Å². The van der Waals surface area contributed by atoms with Crippen molar-refractivity contribution in [1.29, 1.82) is 0 Å². The second-order valence-electron chi connectivity index (χ2n) is 8.77. The van der Waals surface area contributed by atoms with Crippen molar-refractivity contribution in [2.45, 2.75) is 12.8 Å². The van der Waals surface area contributed by atoms with E-state index in [2.05, 4.69) is 4.98 Å². The van der Waals surface area contributed by atoms with Gasteiger partial charge in [-0.15, -0.1) is 0 Å². The van der Waals surface area contributed by atoms with Crippen molar-refractivity contribution >= 4 is 11.8 Å². The van der Waals surface area contributed by atoms with Gasteiger partial charge in [0.05, 0.1) is 0 Å². The maximum Gasteiger partial charge on any atom is 0.270 e. The van der Waals surface area contributed by atoms with Crippen molar-refractivity contribution in [3.8, 4) is 11.1 Å². The molecule has 2 fully saturated rings. The zero-order valence-corrected chi connectivity index (χ0v) is 17.8. The minimum Gasteiger partial charge on any atom is -0.357 e. The number of amides is 2. The second-order valence-corrected chi connectivity index (χ2v) is 8.77. The van der Waals surface area contributed by atoms with Crippen LogP contribution in [0.15, 0.2) is 66.9 Å². The molecule has 2 amide bonds. The number of nitrogens with zero attached hydrogens (tertiary/aromatic N) is 2. The van der Waals surface area contributed by atoms with Gasteiger partial charge < -0.3 is 14.8 Å². The number of halogens is 1. The summed E-state index contributed by atoms with van der Waals surface area (Å²) in [4.78, 5) is 32.3. The van der Waals surface area contributed by atoms with E-state index in [1.54, 1.807) is 12.3 Å². The molecule has 2 aromatic carbocycles. The Bertz CT molecular complexity index is 1110. The summed E-state index contributed by atoms with van der Waals surface area (Å²) >= 11 is 0. The summed E-state index contributed by atoms with van der Waals surface area (Å²) in [7, 11) is 0. The van der Waals surface area contributed by atoms with Crippen LogP contribution in [0.25, 0.3) is 11.1 Å². The van der Waals surface area contributed by atoms with Crippen LogP contribution in [0.5, 0.6) is 0 Å². The molecule has 5 nitrogen and oxygen atoms in total. The lowest BCUT2D eigenvalue weighted by molar-refractivity contribution is 0.0227. The summed E-state index contributed by atoms with van der Waals surface area (Å²) in [6, 6.07) is 17.5.